The Hall–Kier alpha value is -4.37. The molecule has 9 heteroatoms. The first kappa shape index (κ1) is 24.4. The van der Waals surface area contributed by atoms with Crippen molar-refractivity contribution in [1.29, 1.82) is 0 Å². The zero-order valence-corrected chi connectivity index (χ0v) is 22.5. The SMILES string of the molecule is O=C1CN([C@@H]2CCN(Cc3ccccc3)C2)C(=O)C2Cc3c(n(-c4ccc5c(c4)OCO5)c4cc(F)ccc34)CN12. The van der Waals surface area contributed by atoms with Crippen molar-refractivity contribution in [3.05, 3.63) is 89.4 Å². The van der Waals surface area contributed by atoms with Crippen molar-refractivity contribution >= 4 is 22.7 Å². The number of benzene rings is 3. The van der Waals surface area contributed by atoms with Crippen LogP contribution in [0, 0.1) is 5.82 Å². The van der Waals surface area contributed by atoms with E-state index in [1.807, 2.05) is 45.9 Å². The fourth-order valence-electron chi connectivity index (χ4n) is 7.02. The third kappa shape index (κ3) is 3.98. The van der Waals surface area contributed by atoms with Gasteiger partial charge < -0.3 is 23.8 Å². The van der Waals surface area contributed by atoms with Crippen LogP contribution in [0.2, 0.25) is 0 Å². The summed E-state index contributed by atoms with van der Waals surface area (Å²) in [4.78, 5) is 33.5. The maximum atomic E-state index is 14.5. The number of likely N-dealkylation sites (tertiary alicyclic amines) is 1. The van der Waals surface area contributed by atoms with E-state index in [1.54, 1.807) is 11.0 Å². The molecule has 5 heterocycles. The van der Waals surface area contributed by atoms with Crippen LogP contribution in [0.3, 0.4) is 0 Å². The average molecular weight is 553 g/mol. The van der Waals surface area contributed by atoms with Crippen LogP contribution in [0.25, 0.3) is 16.6 Å². The monoisotopic (exact) mass is 552 g/mol. The fourth-order valence-corrected chi connectivity index (χ4v) is 7.02. The summed E-state index contributed by atoms with van der Waals surface area (Å²) in [5.41, 5.74) is 4.63. The fraction of sp³-hybridized carbons (Fsp3) is 0.312. The number of carbonyl (C=O) groups is 2. The summed E-state index contributed by atoms with van der Waals surface area (Å²) in [5.74, 6) is 0.910. The van der Waals surface area contributed by atoms with Crippen LogP contribution < -0.4 is 9.47 Å². The molecule has 2 fully saturated rings. The summed E-state index contributed by atoms with van der Waals surface area (Å²) in [5, 5.41) is 0.894. The van der Waals surface area contributed by atoms with Gasteiger partial charge in [0.15, 0.2) is 11.5 Å². The van der Waals surface area contributed by atoms with Crippen molar-refractivity contribution in [3.63, 3.8) is 0 Å². The lowest BCUT2D eigenvalue weighted by molar-refractivity contribution is -0.159. The van der Waals surface area contributed by atoms with Gasteiger partial charge in [0, 0.05) is 54.9 Å². The molecular weight excluding hydrogens is 523 g/mol. The van der Waals surface area contributed by atoms with Crippen LogP contribution in [-0.2, 0) is 29.1 Å². The lowest BCUT2D eigenvalue weighted by atomic mass is 9.93. The highest BCUT2D eigenvalue weighted by atomic mass is 19.1. The predicted molar refractivity (Wildman–Crippen MR) is 149 cm³/mol. The van der Waals surface area contributed by atoms with Crippen molar-refractivity contribution in [2.24, 2.45) is 0 Å². The number of amides is 2. The third-order valence-electron chi connectivity index (χ3n) is 8.98. The summed E-state index contributed by atoms with van der Waals surface area (Å²) in [6.45, 7) is 3.02. The van der Waals surface area contributed by atoms with Crippen LogP contribution in [0.15, 0.2) is 66.7 Å². The highest BCUT2D eigenvalue weighted by Gasteiger charge is 2.46. The number of carbonyl (C=O) groups excluding carboxylic acids is 2. The molecule has 8 nitrogen and oxygen atoms in total. The molecule has 4 aliphatic heterocycles. The van der Waals surface area contributed by atoms with Crippen LogP contribution in [0.1, 0.15) is 23.2 Å². The van der Waals surface area contributed by atoms with Gasteiger partial charge in [0.25, 0.3) is 0 Å². The smallest absolute Gasteiger partial charge is 0.246 e. The van der Waals surface area contributed by atoms with Gasteiger partial charge in [-0.05, 0) is 47.9 Å². The summed E-state index contributed by atoms with van der Waals surface area (Å²) in [6, 6.07) is 20.2. The molecule has 2 saturated heterocycles. The molecule has 3 aromatic carbocycles. The van der Waals surface area contributed by atoms with Crippen molar-refractivity contribution < 1.29 is 23.5 Å². The number of ether oxygens (including phenoxy) is 2. The van der Waals surface area contributed by atoms with E-state index in [4.69, 9.17) is 9.47 Å². The zero-order valence-electron chi connectivity index (χ0n) is 22.5. The topological polar surface area (TPSA) is 67.2 Å². The Morgan fingerprint density at radius 3 is 2.63 bits per heavy atom. The minimum atomic E-state index is -0.562. The number of fused-ring (bicyclic) bond motifs is 5. The summed E-state index contributed by atoms with van der Waals surface area (Å²) < 4.78 is 27.6. The van der Waals surface area contributed by atoms with Crippen LogP contribution >= 0.6 is 0 Å². The van der Waals surface area contributed by atoms with Crippen molar-refractivity contribution in [1.82, 2.24) is 19.3 Å². The van der Waals surface area contributed by atoms with Gasteiger partial charge in [-0.25, -0.2) is 4.39 Å². The number of aromatic nitrogens is 1. The second-order valence-electron chi connectivity index (χ2n) is 11.3. The Bertz CT molecular complexity index is 1700. The van der Waals surface area contributed by atoms with Gasteiger partial charge in [0.05, 0.1) is 12.1 Å². The highest BCUT2D eigenvalue weighted by Crippen LogP contribution is 2.40. The van der Waals surface area contributed by atoms with Crippen LogP contribution in [0.5, 0.6) is 11.5 Å². The largest absolute Gasteiger partial charge is 0.454 e. The van der Waals surface area contributed by atoms with E-state index in [2.05, 4.69) is 17.0 Å². The second kappa shape index (κ2) is 9.34. The molecule has 8 rings (SSSR count). The molecule has 1 unspecified atom stereocenters. The molecule has 0 spiro atoms. The van der Waals surface area contributed by atoms with Gasteiger partial charge in [0.2, 0.25) is 18.6 Å². The second-order valence-corrected chi connectivity index (χ2v) is 11.3. The Labute approximate surface area is 236 Å². The summed E-state index contributed by atoms with van der Waals surface area (Å²) in [7, 11) is 0. The molecule has 0 radical (unpaired) electrons. The first-order valence-electron chi connectivity index (χ1n) is 14.1. The molecule has 41 heavy (non-hydrogen) atoms. The molecular formula is C32H29FN4O4. The molecule has 208 valence electrons. The average Bonchev–Trinajstić information content (AvgIpc) is 3.71. The number of hydrogen-bond donors (Lipinski definition) is 0. The van der Waals surface area contributed by atoms with E-state index >= 15 is 0 Å². The van der Waals surface area contributed by atoms with E-state index in [-0.39, 0.29) is 43.6 Å². The van der Waals surface area contributed by atoms with Gasteiger partial charge in [-0.2, -0.15) is 0 Å². The van der Waals surface area contributed by atoms with E-state index in [1.165, 1.54) is 17.7 Å². The van der Waals surface area contributed by atoms with Crippen LogP contribution in [0.4, 0.5) is 4.39 Å². The number of nitrogens with zero attached hydrogens (tertiary/aromatic N) is 4. The summed E-state index contributed by atoms with van der Waals surface area (Å²) in [6.07, 6.45) is 1.25. The molecule has 1 aromatic heterocycles. The Morgan fingerprint density at radius 1 is 0.902 bits per heavy atom. The minimum absolute atomic E-state index is 0.00732. The van der Waals surface area contributed by atoms with Crippen molar-refractivity contribution in [2.45, 2.75) is 38.0 Å². The minimum Gasteiger partial charge on any atom is -0.454 e. The highest BCUT2D eigenvalue weighted by molar-refractivity contribution is 5.97. The number of hydrogen-bond acceptors (Lipinski definition) is 5. The molecule has 2 atom stereocenters. The standard InChI is InChI=1S/C32H29FN4O4/c33-21-6-8-24-25-14-27-32(39)35(23-10-11-34(16-23)15-20-4-2-1-3-5-20)18-31(38)36(27)17-28(25)37(26(24)12-21)22-7-9-29-30(13-22)41-19-40-29/h1-9,12-13,23,27H,10-11,14-19H2/t23-,27?/m1/s1. The number of rotatable bonds is 4. The van der Waals surface area contributed by atoms with E-state index in [9.17, 15) is 14.0 Å². The van der Waals surface area contributed by atoms with Gasteiger partial charge in [-0.3, -0.25) is 14.5 Å². The number of halogens is 1. The van der Waals surface area contributed by atoms with Gasteiger partial charge >= 0.3 is 0 Å². The molecule has 0 bridgehead atoms. The van der Waals surface area contributed by atoms with E-state index < -0.39 is 6.04 Å². The Morgan fingerprint density at radius 2 is 1.76 bits per heavy atom. The van der Waals surface area contributed by atoms with Crippen molar-refractivity contribution in [3.8, 4) is 17.2 Å². The lowest BCUT2D eigenvalue weighted by Gasteiger charge is -2.44. The van der Waals surface area contributed by atoms with E-state index in [0.717, 1.165) is 48.4 Å². The first-order valence-corrected chi connectivity index (χ1v) is 14.1. The Balaban J connectivity index is 1.11. The van der Waals surface area contributed by atoms with E-state index in [0.29, 0.717) is 23.4 Å². The molecule has 2 amide bonds. The lowest BCUT2D eigenvalue weighted by Crippen LogP contribution is -2.63. The quantitative estimate of drug-likeness (QED) is 0.385. The van der Waals surface area contributed by atoms with Gasteiger partial charge in [0.1, 0.15) is 18.4 Å². The number of piperazine rings is 1. The van der Waals surface area contributed by atoms with Gasteiger partial charge in [-0.15, -0.1) is 0 Å². The third-order valence-corrected chi connectivity index (χ3v) is 8.98. The molecule has 0 saturated carbocycles. The maximum absolute atomic E-state index is 14.5. The van der Waals surface area contributed by atoms with Crippen LogP contribution in [-0.4, -0.2) is 69.6 Å². The van der Waals surface area contributed by atoms with Gasteiger partial charge in [-0.1, -0.05) is 30.3 Å². The first-order chi connectivity index (χ1) is 20.0. The summed E-state index contributed by atoms with van der Waals surface area (Å²) >= 11 is 0. The maximum Gasteiger partial charge on any atom is 0.246 e. The molecule has 4 aliphatic rings. The van der Waals surface area contributed by atoms with Crippen molar-refractivity contribution in [2.75, 3.05) is 26.4 Å². The Kier molecular flexibility index (Phi) is 5.57. The molecule has 0 aliphatic carbocycles. The normalized spacial score (nSPS) is 22.0. The zero-order chi connectivity index (χ0) is 27.7. The predicted octanol–water partition coefficient (Wildman–Crippen LogP) is 3.87. The molecule has 0 N–H and O–H groups in total. The molecule has 4 aromatic rings.